The highest BCUT2D eigenvalue weighted by molar-refractivity contribution is 5.82. The molecule has 5 heteroatoms. The third-order valence-corrected chi connectivity index (χ3v) is 3.45. The summed E-state index contributed by atoms with van der Waals surface area (Å²) in [6.45, 7) is 0.497. The van der Waals surface area contributed by atoms with E-state index in [0.717, 1.165) is 5.69 Å². The zero-order valence-electron chi connectivity index (χ0n) is 12.8. The Hall–Kier alpha value is -2.40. The first-order valence-electron chi connectivity index (χ1n) is 7.08. The highest BCUT2D eigenvalue weighted by atomic mass is 16.5. The molecule has 0 saturated heterocycles. The molecule has 5 nitrogen and oxygen atoms in total. The second-order valence-electron chi connectivity index (χ2n) is 5.01. The second kappa shape index (κ2) is 7.56. The highest BCUT2D eigenvalue weighted by Gasteiger charge is 2.21. The molecule has 1 aromatic heterocycles. The first kappa shape index (κ1) is 16.0. The Kier molecular flexibility index (Phi) is 5.49. The standard InChI is InChI=1S/C17H20N2O3/c1-19(11-9-14-7-3-4-10-18-14)17(21)16(20)13-6-5-8-15(12-13)22-2/h3-8,10,12,16,20H,9,11H2,1-2H3/t16-/m0/s1. The van der Waals surface area contributed by atoms with Crippen LogP contribution in [0, 0.1) is 0 Å². The lowest BCUT2D eigenvalue weighted by molar-refractivity contribution is -0.139. The van der Waals surface area contributed by atoms with Crippen molar-refractivity contribution in [3.05, 3.63) is 59.9 Å². The van der Waals surface area contributed by atoms with Crippen LogP contribution >= 0.6 is 0 Å². The fourth-order valence-electron chi connectivity index (χ4n) is 2.10. The van der Waals surface area contributed by atoms with Gasteiger partial charge < -0.3 is 14.7 Å². The van der Waals surface area contributed by atoms with Crippen molar-refractivity contribution >= 4 is 5.91 Å². The molecule has 0 spiro atoms. The SMILES string of the molecule is COc1cccc([C@H](O)C(=O)N(C)CCc2ccccn2)c1. The van der Waals surface area contributed by atoms with Crippen LogP contribution in [0.15, 0.2) is 48.7 Å². The Balaban J connectivity index is 1.97. The van der Waals surface area contributed by atoms with Crippen LogP contribution in [-0.4, -0.2) is 41.6 Å². The lowest BCUT2D eigenvalue weighted by Crippen LogP contribution is -2.33. The number of aliphatic hydroxyl groups excluding tert-OH is 1. The number of methoxy groups -OCH3 is 1. The number of carbonyl (C=O) groups is 1. The molecule has 1 aromatic carbocycles. The van der Waals surface area contributed by atoms with Gasteiger partial charge in [0.05, 0.1) is 7.11 Å². The van der Waals surface area contributed by atoms with Crippen molar-refractivity contribution in [3.8, 4) is 5.75 Å². The number of amides is 1. The van der Waals surface area contributed by atoms with E-state index in [1.807, 2.05) is 18.2 Å². The molecule has 1 atom stereocenters. The first-order valence-corrected chi connectivity index (χ1v) is 7.08. The first-order chi connectivity index (χ1) is 10.6. The van der Waals surface area contributed by atoms with Crippen molar-refractivity contribution in [2.24, 2.45) is 0 Å². The van der Waals surface area contributed by atoms with E-state index in [0.29, 0.717) is 24.3 Å². The monoisotopic (exact) mass is 300 g/mol. The third kappa shape index (κ3) is 4.05. The maximum absolute atomic E-state index is 12.3. The largest absolute Gasteiger partial charge is 0.497 e. The number of benzene rings is 1. The number of rotatable bonds is 6. The van der Waals surface area contributed by atoms with Gasteiger partial charge in [0.2, 0.25) is 0 Å². The van der Waals surface area contributed by atoms with Crippen molar-refractivity contribution in [2.45, 2.75) is 12.5 Å². The highest BCUT2D eigenvalue weighted by Crippen LogP contribution is 2.20. The molecular formula is C17H20N2O3. The van der Waals surface area contributed by atoms with Gasteiger partial charge in [0.25, 0.3) is 5.91 Å². The van der Waals surface area contributed by atoms with Crippen LogP contribution in [0.25, 0.3) is 0 Å². The zero-order chi connectivity index (χ0) is 15.9. The van der Waals surface area contributed by atoms with Crippen molar-refractivity contribution < 1.29 is 14.6 Å². The molecule has 22 heavy (non-hydrogen) atoms. The molecule has 2 rings (SSSR count). The Morgan fingerprint density at radius 2 is 2.14 bits per heavy atom. The molecule has 0 unspecified atom stereocenters. The number of nitrogens with zero attached hydrogens (tertiary/aromatic N) is 2. The maximum atomic E-state index is 12.3. The van der Waals surface area contributed by atoms with Gasteiger partial charge >= 0.3 is 0 Å². The minimum atomic E-state index is -1.19. The van der Waals surface area contributed by atoms with Crippen LogP contribution in [0.5, 0.6) is 5.75 Å². The lowest BCUT2D eigenvalue weighted by Gasteiger charge is -2.21. The predicted molar refractivity (Wildman–Crippen MR) is 83.5 cm³/mol. The molecule has 0 aliphatic rings. The molecule has 2 aromatic rings. The Morgan fingerprint density at radius 1 is 1.32 bits per heavy atom. The second-order valence-corrected chi connectivity index (χ2v) is 5.01. The van der Waals surface area contributed by atoms with E-state index in [2.05, 4.69) is 4.98 Å². The fraction of sp³-hybridized carbons (Fsp3) is 0.294. The topological polar surface area (TPSA) is 62.7 Å². The predicted octanol–water partition coefficient (Wildman–Crippen LogP) is 1.82. The normalized spacial score (nSPS) is 11.8. The van der Waals surface area contributed by atoms with Crippen molar-refractivity contribution in [1.29, 1.82) is 0 Å². The van der Waals surface area contributed by atoms with Gasteiger partial charge in [0, 0.05) is 31.9 Å². The summed E-state index contributed by atoms with van der Waals surface area (Å²) in [5.41, 5.74) is 1.44. The average molecular weight is 300 g/mol. The van der Waals surface area contributed by atoms with Gasteiger partial charge in [-0.05, 0) is 29.8 Å². The summed E-state index contributed by atoms with van der Waals surface area (Å²) in [6.07, 6.45) is 1.18. The summed E-state index contributed by atoms with van der Waals surface area (Å²) in [4.78, 5) is 18.0. The van der Waals surface area contributed by atoms with Crippen molar-refractivity contribution in [3.63, 3.8) is 0 Å². The molecular weight excluding hydrogens is 280 g/mol. The zero-order valence-corrected chi connectivity index (χ0v) is 12.8. The van der Waals surface area contributed by atoms with Gasteiger partial charge in [-0.15, -0.1) is 0 Å². The van der Waals surface area contributed by atoms with Crippen LogP contribution in [-0.2, 0) is 11.2 Å². The molecule has 0 fully saturated rings. The Morgan fingerprint density at radius 3 is 2.82 bits per heavy atom. The summed E-state index contributed by atoms with van der Waals surface area (Å²) >= 11 is 0. The summed E-state index contributed by atoms with van der Waals surface area (Å²) in [7, 11) is 3.22. The van der Waals surface area contributed by atoms with Gasteiger partial charge in [0.1, 0.15) is 5.75 Å². The van der Waals surface area contributed by atoms with Crippen molar-refractivity contribution in [2.75, 3.05) is 20.7 Å². The molecule has 0 aliphatic carbocycles. The fourth-order valence-corrected chi connectivity index (χ4v) is 2.10. The summed E-state index contributed by atoms with van der Waals surface area (Å²) in [5, 5.41) is 10.2. The van der Waals surface area contributed by atoms with Crippen LogP contribution in [0.2, 0.25) is 0 Å². The van der Waals surface area contributed by atoms with E-state index < -0.39 is 6.10 Å². The van der Waals surface area contributed by atoms with Gasteiger partial charge in [-0.25, -0.2) is 0 Å². The van der Waals surface area contributed by atoms with E-state index >= 15 is 0 Å². The van der Waals surface area contributed by atoms with Crippen LogP contribution in [0.1, 0.15) is 17.4 Å². The van der Waals surface area contributed by atoms with Gasteiger partial charge in [-0.1, -0.05) is 18.2 Å². The smallest absolute Gasteiger partial charge is 0.255 e. The summed E-state index contributed by atoms with van der Waals surface area (Å²) < 4.78 is 5.11. The van der Waals surface area contributed by atoms with Gasteiger partial charge in [-0.2, -0.15) is 0 Å². The number of likely N-dealkylation sites (N-methyl/N-ethyl adjacent to an activating group) is 1. The summed E-state index contributed by atoms with van der Waals surface area (Å²) in [6, 6.07) is 12.6. The molecule has 0 saturated carbocycles. The van der Waals surface area contributed by atoms with Crippen molar-refractivity contribution in [1.82, 2.24) is 9.88 Å². The maximum Gasteiger partial charge on any atom is 0.255 e. The van der Waals surface area contributed by atoms with Gasteiger partial charge in [-0.3, -0.25) is 9.78 Å². The lowest BCUT2D eigenvalue weighted by atomic mass is 10.1. The Labute approximate surface area is 130 Å². The number of aromatic nitrogens is 1. The number of aliphatic hydroxyl groups is 1. The molecule has 116 valence electrons. The van der Waals surface area contributed by atoms with E-state index in [9.17, 15) is 9.90 Å². The number of hydrogen-bond donors (Lipinski definition) is 1. The number of carbonyl (C=O) groups excluding carboxylic acids is 1. The van der Waals surface area contributed by atoms with E-state index in [4.69, 9.17) is 4.74 Å². The third-order valence-electron chi connectivity index (χ3n) is 3.45. The van der Waals surface area contributed by atoms with E-state index in [1.54, 1.807) is 44.6 Å². The molecule has 0 radical (unpaired) electrons. The molecule has 0 bridgehead atoms. The van der Waals surface area contributed by atoms with Crippen LogP contribution in [0.4, 0.5) is 0 Å². The quantitative estimate of drug-likeness (QED) is 0.884. The minimum absolute atomic E-state index is 0.343. The number of hydrogen-bond acceptors (Lipinski definition) is 4. The number of pyridine rings is 1. The summed E-state index contributed by atoms with van der Waals surface area (Å²) in [5.74, 6) is 0.268. The molecule has 1 heterocycles. The van der Waals surface area contributed by atoms with Gasteiger partial charge in [0.15, 0.2) is 6.10 Å². The average Bonchev–Trinajstić information content (AvgIpc) is 2.59. The molecule has 1 N–H and O–H groups in total. The minimum Gasteiger partial charge on any atom is -0.497 e. The van der Waals surface area contributed by atoms with Crippen LogP contribution < -0.4 is 4.74 Å². The van der Waals surface area contributed by atoms with Crippen LogP contribution in [0.3, 0.4) is 0 Å². The molecule has 0 aliphatic heterocycles. The van der Waals surface area contributed by atoms with E-state index in [1.165, 1.54) is 4.90 Å². The Bertz CT molecular complexity index is 616. The molecule has 1 amide bonds. The number of ether oxygens (including phenoxy) is 1. The van der Waals surface area contributed by atoms with E-state index in [-0.39, 0.29) is 5.91 Å².